The number of carbonyl (C=O) groups is 1. The molecule has 0 N–H and O–H groups in total. The van der Waals surface area contributed by atoms with Crippen molar-refractivity contribution in [3.05, 3.63) is 58.9 Å². The number of anilines is 1. The second-order valence-corrected chi connectivity index (χ2v) is 9.68. The van der Waals surface area contributed by atoms with Crippen LogP contribution in [0.4, 0.5) is 14.9 Å². The topological polar surface area (TPSA) is 66.9 Å². The van der Waals surface area contributed by atoms with Crippen LogP contribution in [0.15, 0.2) is 42.5 Å². The highest BCUT2D eigenvalue weighted by atomic mass is 35.5. The zero-order valence-electron chi connectivity index (χ0n) is 15.7. The Bertz CT molecular complexity index is 1020. The van der Waals surface area contributed by atoms with E-state index >= 15 is 0 Å². The molecule has 0 unspecified atom stereocenters. The Morgan fingerprint density at radius 3 is 2.48 bits per heavy atom. The number of rotatable bonds is 5. The minimum atomic E-state index is -3.32. The Kier molecular flexibility index (Phi) is 5.16. The molecule has 154 valence electrons. The standard InChI is InChI=1S/C20H20ClFN2O4S/c1-2-28-14-8-6-13(7-9-14)24-19-12-29(26,27)11-18(19)23(20(24)25)10-15-16(21)4-3-5-17(15)22/h3-9,18-19H,2,10-12H2,1H3/t18-,19+/m1/s1. The molecular formula is C20H20ClFN2O4S. The van der Waals surface area contributed by atoms with Gasteiger partial charge in [0.1, 0.15) is 11.6 Å². The number of urea groups is 1. The van der Waals surface area contributed by atoms with Gasteiger partial charge in [-0.3, -0.25) is 4.90 Å². The molecule has 0 aliphatic carbocycles. The number of sulfone groups is 1. The van der Waals surface area contributed by atoms with Crippen LogP contribution in [-0.2, 0) is 16.4 Å². The van der Waals surface area contributed by atoms with Gasteiger partial charge in [0.05, 0.1) is 36.7 Å². The summed E-state index contributed by atoms with van der Waals surface area (Å²) in [7, 11) is -3.32. The van der Waals surface area contributed by atoms with Gasteiger partial charge in [-0.05, 0) is 43.3 Å². The van der Waals surface area contributed by atoms with E-state index in [1.165, 1.54) is 21.9 Å². The Hall–Kier alpha value is -2.32. The van der Waals surface area contributed by atoms with Crippen LogP contribution in [0.5, 0.6) is 5.75 Å². The number of benzene rings is 2. The number of carbonyl (C=O) groups excluding carboxylic acids is 1. The SMILES string of the molecule is CCOc1ccc(N2C(=O)N(Cc3c(F)cccc3Cl)[C@@H]3CS(=O)(=O)C[C@@H]32)cc1. The molecule has 0 bridgehead atoms. The van der Waals surface area contributed by atoms with Crippen molar-refractivity contribution in [3.63, 3.8) is 0 Å². The van der Waals surface area contributed by atoms with Gasteiger partial charge in [0.25, 0.3) is 0 Å². The fourth-order valence-electron chi connectivity index (χ4n) is 3.99. The van der Waals surface area contributed by atoms with Crippen LogP contribution in [0.2, 0.25) is 5.02 Å². The zero-order chi connectivity index (χ0) is 20.8. The third kappa shape index (κ3) is 3.67. The lowest BCUT2D eigenvalue weighted by Gasteiger charge is -2.23. The molecule has 2 saturated heterocycles. The highest BCUT2D eigenvalue weighted by Crippen LogP contribution is 2.37. The number of nitrogens with zero attached hydrogens (tertiary/aromatic N) is 2. The molecule has 2 aromatic rings. The highest BCUT2D eigenvalue weighted by molar-refractivity contribution is 7.91. The van der Waals surface area contributed by atoms with Crippen LogP contribution in [0.3, 0.4) is 0 Å². The van der Waals surface area contributed by atoms with Gasteiger partial charge in [-0.1, -0.05) is 17.7 Å². The molecule has 2 aromatic carbocycles. The predicted molar refractivity (Wildman–Crippen MR) is 109 cm³/mol. The summed E-state index contributed by atoms with van der Waals surface area (Å²) in [5.74, 6) is -0.142. The molecule has 6 nitrogen and oxygen atoms in total. The van der Waals surface area contributed by atoms with Crippen molar-refractivity contribution in [2.75, 3.05) is 23.0 Å². The summed E-state index contributed by atoms with van der Waals surface area (Å²) in [6.07, 6.45) is 0. The van der Waals surface area contributed by atoms with E-state index < -0.39 is 27.7 Å². The molecule has 0 saturated carbocycles. The lowest BCUT2D eigenvalue weighted by molar-refractivity contribution is 0.205. The van der Waals surface area contributed by atoms with Gasteiger partial charge >= 0.3 is 6.03 Å². The molecule has 0 radical (unpaired) electrons. The normalized spacial score (nSPS) is 22.8. The quantitative estimate of drug-likeness (QED) is 0.670. The van der Waals surface area contributed by atoms with Gasteiger partial charge < -0.3 is 9.64 Å². The average molecular weight is 439 g/mol. The fraction of sp³-hybridized carbons (Fsp3) is 0.350. The van der Waals surface area contributed by atoms with E-state index in [4.69, 9.17) is 16.3 Å². The molecule has 2 amide bonds. The van der Waals surface area contributed by atoms with Gasteiger partial charge in [0, 0.05) is 16.3 Å². The van der Waals surface area contributed by atoms with Gasteiger partial charge in [-0.2, -0.15) is 0 Å². The van der Waals surface area contributed by atoms with Crippen LogP contribution in [0.25, 0.3) is 0 Å². The van der Waals surface area contributed by atoms with Gasteiger partial charge in [-0.25, -0.2) is 17.6 Å². The van der Waals surface area contributed by atoms with E-state index in [0.717, 1.165) is 0 Å². The van der Waals surface area contributed by atoms with E-state index in [9.17, 15) is 17.6 Å². The fourth-order valence-corrected chi connectivity index (χ4v) is 6.16. The van der Waals surface area contributed by atoms with Crippen molar-refractivity contribution in [1.82, 2.24) is 4.90 Å². The first-order chi connectivity index (χ1) is 13.8. The molecule has 0 aromatic heterocycles. The molecule has 2 aliphatic heterocycles. The van der Waals surface area contributed by atoms with E-state index in [-0.39, 0.29) is 34.7 Å². The van der Waals surface area contributed by atoms with Crippen molar-refractivity contribution >= 4 is 33.2 Å². The summed E-state index contributed by atoms with van der Waals surface area (Å²) in [4.78, 5) is 16.1. The van der Waals surface area contributed by atoms with E-state index in [2.05, 4.69) is 0 Å². The molecule has 29 heavy (non-hydrogen) atoms. The summed E-state index contributed by atoms with van der Waals surface area (Å²) in [6.45, 7) is 2.30. The van der Waals surface area contributed by atoms with Crippen molar-refractivity contribution in [3.8, 4) is 5.75 Å². The highest BCUT2D eigenvalue weighted by Gasteiger charge is 2.54. The third-order valence-electron chi connectivity index (χ3n) is 5.29. The number of ether oxygens (including phenoxy) is 1. The number of hydrogen-bond acceptors (Lipinski definition) is 4. The smallest absolute Gasteiger partial charge is 0.325 e. The largest absolute Gasteiger partial charge is 0.494 e. The van der Waals surface area contributed by atoms with Crippen LogP contribution in [0.1, 0.15) is 12.5 Å². The van der Waals surface area contributed by atoms with Crippen molar-refractivity contribution in [1.29, 1.82) is 0 Å². The van der Waals surface area contributed by atoms with Crippen molar-refractivity contribution < 1.29 is 22.3 Å². The first-order valence-corrected chi connectivity index (χ1v) is 11.5. The molecule has 2 aliphatic rings. The Morgan fingerprint density at radius 2 is 1.83 bits per heavy atom. The average Bonchev–Trinajstić information content (AvgIpc) is 3.09. The molecule has 9 heteroatoms. The first kappa shape index (κ1) is 20.0. The number of halogens is 2. The van der Waals surface area contributed by atoms with Crippen LogP contribution >= 0.6 is 11.6 Å². The second kappa shape index (κ2) is 7.50. The number of amides is 2. The third-order valence-corrected chi connectivity index (χ3v) is 7.35. The Balaban J connectivity index is 1.69. The number of hydrogen-bond donors (Lipinski definition) is 0. The van der Waals surface area contributed by atoms with E-state index in [0.29, 0.717) is 18.0 Å². The van der Waals surface area contributed by atoms with Crippen molar-refractivity contribution in [2.24, 2.45) is 0 Å². The monoisotopic (exact) mass is 438 g/mol. The van der Waals surface area contributed by atoms with Crippen LogP contribution in [-0.4, -0.2) is 49.5 Å². The maximum atomic E-state index is 14.3. The minimum Gasteiger partial charge on any atom is -0.494 e. The van der Waals surface area contributed by atoms with Crippen LogP contribution < -0.4 is 9.64 Å². The number of fused-ring (bicyclic) bond motifs is 1. The Labute approximate surface area is 173 Å². The maximum absolute atomic E-state index is 14.3. The lowest BCUT2D eigenvalue weighted by atomic mass is 10.1. The first-order valence-electron chi connectivity index (χ1n) is 9.26. The molecule has 2 atom stereocenters. The summed E-state index contributed by atoms with van der Waals surface area (Å²) >= 11 is 6.13. The molecule has 2 fully saturated rings. The molecule has 0 spiro atoms. The molecule has 4 rings (SSSR count). The van der Waals surface area contributed by atoms with Gasteiger partial charge in [0.2, 0.25) is 0 Å². The predicted octanol–water partition coefficient (Wildman–Crippen LogP) is 3.49. The summed E-state index contributed by atoms with van der Waals surface area (Å²) in [5.41, 5.74) is 0.756. The van der Waals surface area contributed by atoms with Gasteiger partial charge in [-0.15, -0.1) is 0 Å². The van der Waals surface area contributed by atoms with Gasteiger partial charge in [0.15, 0.2) is 9.84 Å². The summed E-state index contributed by atoms with van der Waals surface area (Å²) in [5, 5.41) is 0.203. The van der Waals surface area contributed by atoms with Crippen LogP contribution in [0, 0.1) is 5.82 Å². The van der Waals surface area contributed by atoms with Crippen molar-refractivity contribution in [2.45, 2.75) is 25.6 Å². The summed E-state index contributed by atoms with van der Waals surface area (Å²) in [6, 6.07) is 9.78. The maximum Gasteiger partial charge on any atom is 0.325 e. The lowest BCUT2D eigenvalue weighted by Crippen LogP contribution is -2.37. The second-order valence-electron chi connectivity index (χ2n) is 7.12. The molecule has 2 heterocycles. The van der Waals surface area contributed by atoms with E-state index in [1.807, 2.05) is 6.92 Å². The molecular weight excluding hydrogens is 419 g/mol. The minimum absolute atomic E-state index is 0.0887. The van der Waals surface area contributed by atoms with E-state index in [1.54, 1.807) is 30.3 Å². The zero-order valence-corrected chi connectivity index (χ0v) is 17.3. The summed E-state index contributed by atoms with van der Waals surface area (Å²) < 4.78 is 44.4. The Morgan fingerprint density at radius 1 is 1.14 bits per heavy atom.